The van der Waals surface area contributed by atoms with E-state index < -0.39 is 12.1 Å². The molecule has 1 atom stereocenters. The van der Waals surface area contributed by atoms with Gasteiger partial charge in [-0.25, -0.2) is 10.2 Å². The van der Waals surface area contributed by atoms with Crippen molar-refractivity contribution in [3.63, 3.8) is 0 Å². The number of aromatic nitrogens is 4. The Morgan fingerprint density at radius 1 is 1.19 bits per heavy atom. The quantitative estimate of drug-likeness (QED) is 0.566. The van der Waals surface area contributed by atoms with Gasteiger partial charge in [0.05, 0.1) is 0 Å². The molecule has 12 heteroatoms. The van der Waals surface area contributed by atoms with Crippen LogP contribution < -0.4 is 5.43 Å². The topological polar surface area (TPSA) is 126 Å². The van der Waals surface area contributed by atoms with Crippen molar-refractivity contribution >= 4 is 17.7 Å². The maximum atomic E-state index is 10.6. The number of nitrogens with zero attached hydrogens (tertiary/aromatic N) is 5. The van der Waals surface area contributed by atoms with Crippen LogP contribution in [0.15, 0.2) is 58.7 Å². The molecule has 3 aromatic heterocycles. The second-order valence-corrected chi connectivity index (χ2v) is 6.83. The van der Waals surface area contributed by atoms with Crippen molar-refractivity contribution in [2.75, 3.05) is 5.43 Å². The van der Waals surface area contributed by atoms with Crippen molar-refractivity contribution in [2.45, 2.75) is 37.8 Å². The number of hydrogen-bond donors (Lipinski definition) is 2. The van der Waals surface area contributed by atoms with Crippen molar-refractivity contribution in [2.24, 2.45) is 5.10 Å². The number of carbonyl (C=O) groups is 1. The number of carboxylic acids is 1. The molecule has 0 bridgehead atoms. The molecule has 1 unspecified atom stereocenters. The zero-order chi connectivity index (χ0) is 23.0. The summed E-state index contributed by atoms with van der Waals surface area (Å²) in [5.41, 5.74) is 6.13. The zero-order valence-electron chi connectivity index (χ0n) is 16.7. The van der Waals surface area contributed by atoms with Crippen molar-refractivity contribution in [3.05, 3.63) is 54.6 Å². The summed E-state index contributed by atoms with van der Waals surface area (Å²) in [6, 6.07) is 8.08. The van der Waals surface area contributed by atoms with Gasteiger partial charge in [-0.2, -0.15) is 23.3 Å². The number of alkyl halides is 3. The number of hydrogen-bond acceptors (Lipinski definition) is 8. The molecule has 4 rings (SSSR count). The summed E-state index contributed by atoms with van der Waals surface area (Å²) < 4.78 is 36.9. The number of halogens is 3. The lowest BCUT2D eigenvalue weighted by Gasteiger charge is -2.23. The van der Waals surface area contributed by atoms with E-state index in [1.807, 2.05) is 24.4 Å². The van der Waals surface area contributed by atoms with Gasteiger partial charge in [0.15, 0.2) is 0 Å². The van der Waals surface area contributed by atoms with E-state index in [1.165, 1.54) is 5.56 Å². The average molecular weight is 448 g/mol. The predicted molar refractivity (Wildman–Crippen MR) is 108 cm³/mol. The minimum atomic E-state index is -5.08. The Labute approximate surface area is 180 Å². The standard InChI is InChI=1S/C18H18N6O.C2HF3O2/c1-3-14(15-4-2-8-20-12-15)11-16(5-1)22-23-18-21-17(24-25-18)13-6-9-19-10-7-13;3-2(4,5)1(6)7/h2,4,6-10,12,14H,1,3,5,11H2,(H,21,23,24);(H,6,7)/b22-16-;. The van der Waals surface area contributed by atoms with Crippen molar-refractivity contribution in [1.82, 2.24) is 20.1 Å². The van der Waals surface area contributed by atoms with Crippen molar-refractivity contribution in [1.29, 1.82) is 0 Å². The number of nitrogens with one attached hydrogen (secondary N) is 1. The second-order valence-electron chi connectivity index (χ2n) is 6.83. The second kappa shape index (κ2) is 10.5. The molecule has 0 radical (unpaired) electrons. The molecule has 0 aromatic carbocycles. The Balaban J connectivity index is 0.000000360. The van der Waals surface area contributed by atoms with Crippen LogP contribution in [0, 0.1) is 0 Å². The summed E-state index contributed by atoms with van der Waals surface area (Å²) in [7, 11) is 0. The predicted octanol–water partition coefficient (Wildman–Crippen LogP) is 4.29. The van der Waals surface area contributed by atoms with Crippen LogP contribution in [-0.2, 0) is 4.79 Å². The molecule has 1 saturated carbocycles. The van der Waals surface area contributed by atoms with Crippen LogP contribution in [0.3, 0.4) is 0 Å². The Bertz CT molecular complexity index is 1040. The van der Waals surface area contributed by atoms with E-state index in [0.29, 0.717) is 17.8 Å². The normalized spacial score (nSPS) is 17.3. The monoisotopic (exact) mass is 448 g/mol. The number of pyridine rings is 2. The first-order chi connectivity index (χ1) is 15.3. The number of anilines is 1. The van der Waals surface area contributed by atoms with E-state index in [9.17, 15) is 13.2 Å². The van der Waals surface area contributed by atoms with Crippen LogP contribution >= 0.6 is 0 Å². The van der Waals surface area contributed by atoms with Crippen LogP contribution in [0.1, 0.15) is 37.2 Å². The molecule has 9 nitrogen and oxygen atoms in total. The third-order valence-corrected chi connectivity index (χ3v) is 4.57. The first-order valence-electron chi connectivity index (χ1n) is 9.58. The van der Waals surface area contributed by atoms with Gasteiger partial charge in [-0.1, -0.05) is 11.2 Å². The minimum Gasteiger partial charge on any atom is -0.475 e. The summed E-state index contributed by atoms with van der Waals surface area (Å²) in [5, 5.41) is 15.6. The molecule has 0 aliphatic heterocycles. The Morgan fingerprint density at radius 3 is 2.59 bits per heavy atom. The number of rotatable bonds is 4. The smallest absolute Gasteiger partial charge is 0.475 e. The van der Waals surface area contributed by atoms with Gasteiger partial charge in [-0.15, -0.1) is 0 Å². The summed E-state index contributed by atoms with van der Waals surface area (Å²) in [6.45, 7) is 0. The van der Waals surface area contributed by atoms with Gasteiger partial charge in [0.1, 0.15) is 0 Å². The Kier molecular flexibility index (Phi) is 7.47. The third-order valence-electron chi connectivity index (χ3n) is 4.57. The first kappa shape index (κ1) is 22.8. The lowest BCUT2D eigenvalue weighted by atomic mass is 9.84. The molecule has 3 heterocycles. The summed E-state index contributed by atoms with van der Waals surface area (Å²) in [6.07, 6.45) is 6.24. The van der Waals surface area contributed by atoms with Gasteiger partial charge in [0.25, 0.3) is 0 Å². The fraction of sp³-hybridized carbons (Fsp3) is 0.300. The van der Waals surface area contributed by atoms with Gasteiger partial charge < -0.3 is 9.63 Å². The lowest BCUT2D eigenvalue weighted by molar-refractivity contribution is -0.192. The van der Waals surface area contributed by atoms with Gasteiger partial charge in [-0.05, 0) is 55.4 Å². The fourth-order valence-electron chi connectivity index (χ4n) is 3.06. The van der Waals surface area contributed by atoms with E-state index in [-0.39, 0.29) is 0 Å². The van der Waals surface area contributed by atoms with Crippen LogP contribution in [0.4, 0.5) is 19.2 Å². The van der Waals surface area contributed by atoms with Crippen LogP contribution in [0.5, 0.6) is 0 Å². The molecule has 0 spiro atoms. The van der Waals surface area contributed by atoms with E-state index in [4.69, 9.17) is 14.4 Å². The summed E-state index contributed by atoms with van der Waals surface area (Å²) in [4.78, 5) is 21.4. The first-order valence-corrected chi connectivity index (χ1v) is 9.58. The molecule has 2 N–H and O–H groups in total. The highest BCUT2D eigenvalue weighted by Crippen LogP contribution is 2.31. The van der Waals surface area contributed by atoms with Crippen LogP contribution in [0.25, 0.3) is 11.4 Å². The maximum Gasteiger partial charge on any atom is 0.490 e. The fourth-order valence-corrected chi connectivity index (χ4v) is 3.06. The molecule has 3 aromatic rings. The highest BCUT2D eigenvalue weighted by molar-refractivity contribution is 5.86. The van der Waals surface area contributed by atoms with Crippen molar-refractivity contribution < 1.29 is 27.6 Å². The largest absolute Gasteiger partial charge is 0.490 e. The molecule has 168 valence electrons. The number of carboxylic acid groups (broad SMARTS) is 1. The van der Waals surface area contributed by atoms with Gasteiger partial charge in [0.2, 0.25) is 5.82 Å². The van der Waals surface area contributed by atoms with E-state index in [2.05, 4.69) is 36.7 Å². The van der Waals surface area contributed by atoms with E-state index in [1.54, 1.807) is 18.6 Å². The highest BCUT2D eigenvalue weighted by Gasteiger charge is 2.38. The SMILES string of the molecule is O=C(O)C(F)(F)F.c1cncc(C2CCC/C(=N/Nc3nc(-c4ccncc4)no3)C2)c1. The zero-order valence-corrected chi connectivity index (χ0v) is 16.7. The van der Waals surface area contributed by atoms with Gasteiger partial charge in [0, 0.05) is 36.1 Å². The van der Waals surface area contributed by atoms with Crippen LogP contribution in [-0.4, -0.2) is 43.1 Å². The molecule has 0 amide bonds. The number of hydrazone groups is 1. The van der Waals surface area contributed by atoms with E-state index in [0.717, 1.165) is 37.0 Å². The average Bonchev–Trinajstić information content (AvgIpc) is 3.28. The maximum absolute atomic E-state index is 10.6. The molecule has 32 heavy (non-hydrogen) atoms. The lowest BCUT2D eigenvalue weighted by Crippen LogP contribution is -2.21. The van der Waals surface area contributed by atoms with Crippen LogP contribution in [0.2, 0.25) is 0 Å². The molecule has 1 aliphatic rings. The number of aliphatic carboxylic acids is 1. The molecule has 1 aliphatic carbocycles. The summed E-state index contributed by atoms with van der Waals surface area (Å²) in [5.74, 6) is -1.77. The summed E-state index contributed by atoms with van der Waals surface area (Å²) >= 11 is 0. The minimum absolute atomic E-state index is 0.294. The molecular weight excluding hydrogens is 429 g/mol. The van der Waals surface area contributed by atoms with Gasteiger partial charge in [-0.3, -0.25) is 9.97 Å². The Morgan fingerprint density at radius 2 is 1.94 bits per heavy atom. The third kappa shape index (κ3) is 6.59. The molecule has 1 fully saturated rings. The molecule has 0 saturated heterocycles. The molecular formula is C20H19F3N6O3. The van der Waals surface area contributed by atoms with Crippen molar-refractivity contribution in [3.8, 4) is 11.4 Å². The van der Waals surface area contributed by atoms with E-state index >= 15 is 0 Å². The highest BCUT2D eigenvalue weighted by atomic mass is 19.4. The Hall–Kier alpha value is -3.83. The van der Waals surface area contributed by atoms with Gasteiger partial charge >= 0.3 is 18.2 Å².